The van der Waals surface area contributed by atoms with Crippen molar-refractivity contribution in [2.24, 2.45) is 0 Å². The fourth-order valence-corrected chi connectivity index (χ4v) is 4.68. The Morgan fingerprint density at radius 2 is 1.93 bits per heavy atom. The molecule has 0 spiro atoms. The first kappa shape index (κ1) is 19.4. The molecule has 1 saturated heterocycles. The Balaban J connectivity index is 1.88. The lowest BCUT2D eigenvalue weighted by Crippen LogP contribution is -2.40. The summed E-state index contributed by atoms with van der Waals surface area (Å²) >= 11 is 0. The van der Waals surface area contributed by atoms with Crippen LogP contribution in [-0.2, 0) is 10.0 Å². The van der Waals surface area contributed by atoms with Crippen LogP contribution >= 0.6 is 0 Å². The number of anilines is 1. The number of nitrogens with zero attached hydrogens (tertiary/aromatic N) is 2. The van der Waals surface area contributed by atoms with Gasteiger partial charge in [0, 0.05) is 31.7 Å². The minimum absolute atomic E-state index is 0.115. The molecule has 0 radical (unpaired) electrons. The molecule has 1 amide bonds. The van der Waals surface area contributed by atoms with E-state index in [1.165, 1.54) is 23.5 Å². The topological polar surface area (TPSA) is 69.7 Å². The second-order valence-corrected chi connectivity index (χ2v) is 8.66. The first-order chi connectivity index (χ1) is 12.9. The molecule has 6 nitrogen and oxygen atoms in total. The minimum Gasteiger partial charge on any atom is -0.334 e. The number of hydrogen-bond donors (Lipinski definition) is 1. The number of rotatable bonds is 6. The van der Waals surface area contributed by atoms with Crippen LogP contribution in [0.2, 0.25) is 0 Å². The van der Waals surface area contributed by atoms with E-state index in [4.69, 9.17) is 0 Å². The van der Waals surface area contributed by atoms with E-state index in [9.17, 15) is 13.2 Å². The monoisotopic (exact) mass is 387 g/mol. The molecule has 0 bridgehead atoms. The number of likely N-dealkylation sites (tertiary alicyclic amines) is 1. The fraction of sp³-hybridized carbons (Fsp3) is 0.350. The number of nitrogens with one attached hydrogen (secondary N) is 1. The van der Waals surface area contributed by atoms with Gasteiger partial charge in [-0.2, -0.15) is 0 Å². The van der Waals surface area contributed by atoms with E-state index in [-0.39, 0.29) is 16.8 Å². The number of amides is 1. The van der Waals surface area contributed by atoms with Crippen molar-refractivity contribution in [3.05, 3.63) is 60.2 Å². The number of hydrogen-bond acceptors (Lipinski definition) is 4. The number of para-hydroxylation sites is 1. The molecule has 1 aliphatic heterocycles. The molecular weight excluding hydrogens is 362 g/mol. The molecule has 2 aromatic rings. The third-order valence-electron chi connectivity index (χ3n) is 4.94. The molecule has 1 atom stereocenters. The Kier molecular flexibility index (Phi) is 5.82. The summed E-state index contributed by atoms with van der Waals surface area (Å²) in [6, 6.07) is 15.3. The first-order valence-electron chi connectivity index (χ1n) is 9.05. The van der Waals surface area contributed by atoms with Crippen molar-refractivity contribution < 1.29 is 13.2 Å². The van der Waals surface area contributed by atoms with Crippen LogP contribution in [0.5, 0.6) is 0 Å². The molecule has 0 aliphatic carbocycles. The number of carbonyl (C=O) groups excluding carboxylic acids is 1. The lowest BCUT2D eigenvalue weighted by molar-refractivity contribution is 0.0737. The lowest BCUT2D eigenvalue weighted by Gasteiger charge is -2.25. The zero-order valence-electron chi connectivity index (χ0n) is 15.6. The van der Waals surface area contributed by atoms with Gasteiger partial charge in [-0.3, -0.25) is 9.10 Å². The average molecular weight is 388 g/mol. The molecule has 1 unspecified atom stereocenters. The van der Waals surface area contributed by atoms with E-state index in [2.05, 4.69) is 5.32 Å². The molecule has 0 aromatic heterocycles. The van der Waals surface area contributed by atoms with Crippen LogP contribution in [0.1, 0.15) is 23.2 Å². The highest BCUT2D eigenvalue weighted by molar-refractivity contribution is 7.92. The summed E-state index contributed by atoms with van der Waals surface area (Å²) in [5.74, 6) is -0.118. The minimum atomic E-state index is -3.75. The smallest absolute Gasteiger partial charge is 0.264 e. The Hall–Kier alpha value is -2.38. The van der Waals surface area contributed by atoms with Crippen molar-refractivity contribution in [3.63, 3.8) is 0 Å². The van der Waals surface area contributed by atoms with Crippen LogP contribution in [-0.4, -0.2) is 52.5 Å². The van der Waals surface area contributed by atoms with Crippen LogP contribution in [0.4, 0.5) is 5.69 Å². The highest BCUT2D eigenvalue weighted by atomic mass is 32.2. The summed E-state index contributed by atoms with van der Waals surface area (Å²) in [4.78, 5) is 14.9. The van der Waals surface area contributed by atoms with Gasteiger partial charge in [0.15, 0.2) is 0 Å². The van der Waals surface area contributed by atoms with Crippen LogP contribution < -0.4 is 9.62 Å². The molecule has 27 heavy (non-hydrogen) atoms. The summed E-state index contributed by atoms with van der Waals surface area (Å²) in [7, 11) is -0.360. The second-order valence-electron chi connectivity index (χ2n) is 6.69. The van der Waals surface area contributed by atoms with Gasteiger partial charge in [-0.1, -0.05) is 24.3 Å². The van der Waals surface area contributed by atoms with Gasteiger partial charge < -0.3 is 10.2 Å². The first-order valence-corrected chi connectivity index (χ1v) is 10.5. The Morgan fingerprint density at radius 3 is 2.63 bits per heavy atom. The number of benzene rings is 2. The van der Waals surface area contributed by atoms with E-state index in [1.807, 2.05) is 18.0 Å². The normalized spacial score (nSPS) is 17.1. The molecule has 1 N–H and O–H groups in total. The molecular formula is C20H25N3O3S. The van der Waals surface area contributed by atoms with Crippen molar-refractivity contribution in [3.8, 4) is 0 Å². The highest BCUT2D eigenvalue weighted by Gasteiger charge is 2.30. The van der Waals surface area contributed by atoms with Crippen molar-refractivity contribution in [2.75, 3.05) is 31.5 Å². The molecule has 1 fully saturated rings. The zero-order valence-corrected chi connectivity index (χ0v) is 16.4. The summed E-state index contributed by atoms with van der Waals surface area (Å²) in [5.41, 5.74) is 0.975. The average Bonchev–Trinajstić information content (AvgIpc) is 3.16. The number of sulfonamides is 1. The quantitative estimate of drug-likeness (QED) is 0.826. The van der Waals surface area contributed by atoms with Crippen LogP contribution in [0.25, 0.3) is 0 Å². The zero-order chi connectivity index (χ0) is 19.4. The third-order valence-corrected chi connectivity index (χ3v) is 6.72. The van der Waals surface area contributed by atoms with E-state index >= 15 is 0 Å². The summed E-state index contributed by atoms with van der Waals surface area (Å²) in [5, 5.41) is 3.12. The molecule has 2 aromatic carbocycles. The summed E-state index contributed by atoms with van der Waals surface area (Å²) in [6.45, 7) is 1.44. The van der Waals surface area contributed by atoms with E-state index in [1.54, 1.807) is 36.4 Å². The molecule has 1 aliphatic rings. The predicted octanol–water partition coefficient (Wildman–Crippen LogP) is 2.34. The molecule has 3 rings (SSSR count). The number of likely N-dealkylation sites (N-methyl/N-ethyl adjacent to an activating group) is 1. The standard InChI is InChI=1S/C20H25N3O3S/c1-21-15-18-11-7-13-23(18)20(24)16-8-6-12-19(14-16)27(25,26)22(2)17-9-4-3-5-10-17/h3-6,8-10,12,14,18,21H,7,11,13,15H2,1-2H3. The fourth-order valence-electron chi connectivity index (χ4n) is 3.44. The van der Waals surface area contributed by atoms with Crippen molar-refractivity contribution >= 4 is 21.6 Å². The van der Waals surface area contributed by atoms with Crippen molar-refractivity contribution in [1.29, 1.82) is 0 Å². The Bertz CT molecular complexity index is 900. The summed E-state index contributed by atoms with van der Waals surface area (Å²) < 4.78 is 27.2. The van der Waals surface area contributed by atoms with Gasteiger partial charge in [-0.15, -0.1) is 0 Å². The lowest BCUT2D eigenvalue weighted by atomic mass is 10.1. The van der Waals surface area contributed by atoms with Gasteiger partial charge >= 0.3 is 0 Å². The van der Waals surface area contributed by atoms with Gasteiger partial charge in [0.1, 0.15) is 0 Å². The van der Waals surface area contributed by atoms with Crippen LogP contribution in [0.3, 0.4) is 0 Å². The highest BCUT2D eigenvalue weighted by Crippen LogP contribution is 2.24. The maximum Gasteiger partial charge on any atom is 0.264 e. The molecule has 1 heterocycles. The maximum atomic E-state index is 13.0. The van der Waals surface area contributed by atoms with Crippen molar-refractivity contribution in [1.82, 2.24) is 10.2 Å². The van der Waals surface area contributed by atoms with Crippen molar-refractivity contribution in [2.45, 2.75) is 23.8 Å². The van der Waals surface area contributed by atoms with Crippen LogP contribution in [0.15, 0.2) is 59.5 Å². The molecule has 0 saturated carbocycles. The van der Waals surface area contributed by atoms with Gasteiger partial charge in [0.25, 0.3) is 15.9 Å². The van der Waals surface area contributed by atoms with Gasteiger partial charge in [-0.25, -0.2) is 8.42 Å². The van der Waals surface area contributed by atoms with Crippen LogP contribution in [0, 0.1) is 0 Å². The number of carbonyl (C=O) groups is 1. The SMILES string of the molecule is CNCC1CCCN1C(=O)c1cccc(S(=O)(=O)N(C)c2ccccc2)c1. The maximum absolute atomic E-state index is 13.0. The molecule has 144 valence electrons. The Morgan fingerprint density at radius 1 is 1.19 bits per heavy atom. The van der Waals surface area contributed by atoms with E-state index in [0.29, 0.717) is 17.8 Å². The van der Waals surface area contributed by atoms with Gasteiger partial charge in [0.2, 0.25) is 0 Å². The second kappa shape index (κ2) is 8.10. The van der Waals surface area contributed by atoms with E-state index in [0.717, 1.165) is 19.4 Å². The van der Waals surface area contributed by atoms with Gasteiger partial charge in [-0.05, 0) is 50.2 Å². The predicted molar refractivity (Wildman–Crippen MR) is 106 cm³/mol. The summed E-state index contributed by atoms with van der Waals surface area (Å²) in [6.07, 6.45) is 1.92. The van der Waals surface area contributed by atoms with Gasteiger partial charge in [0.05, 0.1) is 10.6 Å². The molecule has 7 heteroatoms. The van der Waals surface area contributed by atoms with E-state index < -0.39 is 10.0 Å². The third kappa shape index (κ3) is 3.99. The Labute approximate surface area is 160 Å². The largest absolute Gasteiger partial charge is 0.334 e.